The zero-order valence-electron chi connectivity index (χ0n) is 12.3. The van der Waals surface area contributed by atoms with Gasteiger partial charge in [-0.3, -0.25) is 0 Å². The Balaban J connectivity index is 2.38. The molecule has 0 aliphatic rings. The quantitative estimate of drug-likeness (QED) is 0.524. The first-order valence-corrected chi connectivity index (χ1v) is 8.73. The topological polar surface area (TPSA) is 51.2 Å². The second kappa shape index (κ2) is 6.98. The van der Waals surface area contributed by atoms with E-state index in [-0.39, 0.29) is 33.1 Å². The SMILES string of the molecule is COC(=O)c1ccc(Cl)nc1Nc1ccc([S+](C)C)cc1F. The number of esters is 1. The average Bonchev–Trinajstić information content (AvgIpc) is 2.48. The van der Waals surface area contributed by atoms with Gasteiger partial charge in [-0.2, -0.15) is 0 Å². The first kappa shape index (κ1) is 16.6. The molecule has 0 atom stereocenters. The normalized spacial score (nSPS) is 10.6. The number of halogens is 2. The van der Waals surface area contributed by atoms with E-state index in [0.717, 1.165) is 4.90 Å². The third-order valence-corrected chi connectivity index (χ3v) is 4.34. The van der Waals surface area contributed by atoms with E-state index < -0.39 is 11.8 Å². The molecule has 0 aliphatic heterocycles. The Morgan fingerprint density at radius 2 is 2.05 bits per heavy atom. The van der Waals surface area contributed by atoms with E-state index in [1.54, 1.807) is 6.07 Å². The Morgan fingerprint density at radius 1 is 1.32 bits per heavy atom. The monoisotopic (exact) mass is 341 g/mol. The highest BCUT2D eigenvalue weighted by atomic mass is 35.5. The fraction of sp³-hybridized carbons (Fsp3) is 0.200. The van der Waals surface area contributed by atoms with Crippen molar-refractivity contribution in [1.29, 1.82) is 0 Å². The van der Waals surface area contributed by atoms with Gasteiger partial charge < -0.3 is 10.1 Å². The third-order valence-electron chi connectivity index (χ3n) is 2.93. The summed E-state index contributed by atoms with van der Waals surface area (Å²) in [4.78, 5) is 16.7. The largest absolute Gasteiger partial charge is 0.465 e. The van der Waals surface area contributed by atoms with Crippen molar-refractivity contribution in [3.05, 3.63) is 46.9 Å². The first-order chi connectivity index (χ1) is 10.4. The number of anilines is 2. The summed E-state index contributed by atoms with van der Waals surface area (Å²) in [7, 11) is 1.22. The van der Waals surface area contributed by atoms with Crippen molar-refractivity contribution in [3.63, 3.8) is 0 Å². The summed E-state index contributed by atoms with van der Waals surface area (Å²) in [5, 5.41) is 2.99. The highest BCUT2D eigenvalue weighted by molar-refractivity contribution is 7.95. The van der Waals surface area contributed by atoms with E-state index in [4.69, 9.17) is 11.6 Å². The summed E-state index contributed by atoms with van der Waals surface area (Å²) in [6.45, 7) is 0. The molecule has 0 spiro atoms. The van der Waals surface area contributed by atoms with Gasteiger partial charge in [-0.05, 0) is 24.3 Å². The van der Waals surface area contributed by atoms with Crippen molar-refractivity contribution in [3.8, 4) is 0 Å². The number of rotatable bonds is 4. The van der Waals surface area contributed by atoms with Crippen LogP contribution in [0.3, 0.4) is 0 Å². The molecule has 1 N–H and O–H groups in total. The Bertz CT molecular complexity index is 710. The van der Waals surface area contributed by atoms with Crippen molar-refractivity contribution in [2.24, 2.45) is 0 Å². The minimum absolute atomic E-state index is 0.0394. The number of benzene rings is 1. The smallest absolute Gasteiger partial charge is 0.341 e. The minimum atomic E-state index is -0.577. The van der Waals surface area contributed by atoms with Gasteiger partial charge in [0, 0.05) is 17.0 Å². The molecule has 1 heterocycles. The maximum absolute atomic E-state index is 14.2. The third kappa shape index (κ3) is 3.69. The van der Waals surface area contributed by atoms with Crippen molar-refractivity contribution < 1.29 is 13.9 Å². The number of carbonyl (C=O) groups excluding carboxylic acids is 1. The molecule has 0 radical (unpaired) electrons. The van der Waals surface area contributed by atoms with E-state index in [9.17, 15) is 9.18 Å². The highest BCUT2D eigenvalue weighted by Crippen LogP contribution is 2.25. The summed E-state index contributed by atoms with van der Waals surface area (Å²) < 4.78 is 18.9. The van der Waals surface area contributed by atoms with E-state index in [0.29, 0.717) is 0 Å². The van der Waals surface area contributed by atoms with E-state index in [2.05, 4.69) is 15.0 Å². The molecule has 0 unspecified atom stereocenters. The van der Waals surface area contributed by atoms with Crippen LogP contribution in [0.15, 0.2) is 35.2 Å². The Hall–Kier alpha value is -1.79. The van der Waals surface area contributed by atoms with Gasteiger partial charge in [0.1, 0.15) is 29.0 Å². The molecule has 116 valence electrons. The molecule has 4 nitrogen and oxygen atoms in total. The van der Waals surface area contributed by atoms with Crippen LogP contribution in [0.2, 0.25) is 5.15 Å². The molecule has 2 aromatic rings. The van der Waals surface area contributed by atoms with Crippen molar-refractivity contribution in [1.82, 2.24) is 4.98 Å². The number of hydrogen-bond acceptors (Lipinski definition) is 4. The molecule has 0 amide bonds. The zero-order valence-corrected chi connectivity index (χ0v) is 13.9. The van der Waals surface area contributed by atoms with Crippen LogP contribution in [-0.2, 0) is 15.6 Å². The van der Waals surface area contributed by atoms with Gasteiger partial charge >= 0.3 is 5.97 Å². The first-order valence-electron chi connectivity index (χ1n) is 6.31. The van der Waals surface area contributed by atoms with Gasteiger partial charge in [0.25, 0.3) is 0 Å². The van der Waals surface area contributed by atoms with Crippen LogP contribution in [0.1, 0.15) is 10.4 Å². The summed E-state index contributed by atoms with van der Waals surface area (Å²) in [5.74, 6) is -0.846. The summed E-state index contributed by atoms with van der Waals surface area (Å²) in [6, 6.07) is 7.86. The number of methoxy groups -OCH3 is 1. The second-order valence-electron chi connectivity index (χ2n) is 4.60. The van der Waals surface area contributed by atoms with Crippen LogP contribution in [0.5, 0.6) is 0 Å². The highest BCUT2D eigenvalue weighted by Gasteiger charge is 2.17. The Kier molecular flexibility index (Phi) is 5.26. The molecule has 22 heavy (non-hydrogen) atoms. The van der Waals surface area contributed by atoms with Gasteiger partial charge in [0.15, 0.2) is 10.7 Å². The van der Waals surface area contributed by atoms with Gasteiger partial charge in [-0.1, -0.05) is 11.6 Å². The van der Waals surface area contributed by atoms with Crippen LogP contribution in [0, 0.1) is 5.82 Å². The molecule has 1 aromatic carbocycles. The molecule has 0 aliphatic carbocycles. The van der Waals surface area contributed by atoms with Crippen LogP contribution in [-0.4, -0.2) is 30.6 Å². The molecule has 2 rings (SSSR count). The molecule has 0 bridgehead atoms. The van der Waals surface area contributed by atoms with Crippen molar-refractivity contribution >= 4 is 40.0 Å². The summed E-state index contributed by atoms with van der Waals surface area (Å²) in [6.07, 6.45) is 4.02. The maximum Gasteiger partial charge on any atom is 0.341 e. The van der Waals surface area contributed by atoms with Gasteiger partial charge in [0.05, 0.1) is 12.8 Å². The molecular weight excluding hydrogens is 327 g/mol. The second-order valence-corrected chi connectivity index (χ2v) is 7.10. The predicted octanol–water partition coefficient (Wildman–Crippen LogP) is 3.64. The molecule has 0 saturated heterocycles. The Labute approximate surface area is 136 Å². The van der Waals surface area contributed by atoms with Gasteiger partial charge in [-0.15, -0.1) is 0 Å². The van der Waals surface area contributed by atoms with E-state index in [1.165, 1.54) is 25.3 Å². The molecule has 0 fully saturated rings. The molecular formula is C15H15ClFN2O2S+. The molecule has 1 aromatic heterocycles. The standard InChI is InChI=1S/C15H14ClFN2O2S/c1-21-15(20)10-5-7-13(16)19-14(10)18-12-6-4-9(22(2)3)8-11(12)17/h4-8H,1-3H3/p+1. The zero-order chi connectivity index (χ0) is 16.3. The van der Waals surface area contributed by atoms with E-state index >= 15 is 0 Å². The van der Waals surface area contributed by atoms with Gasteiger partial charge in [0.2, 0.25) is 0 Å². The van der Waals surface area contributed by atoms with Crippen LogP contribution < -0.4 is 5.32 Å². The lowest BCUT2D eigenvalue weighted by Crippen LogP contribution is -2.08. The molecule has 0 saturated carbocycles. The number of nitrogens with zero attached hydrogens (tertiary/aromatic N) is 1. The van der Waals surface area contributed by atoms with Gasteiger partial charge in [-0.25, -0.2) is 14.2 Å². The van der Waals surface area contributed by atoms with Crippen LogP contribution >= 0.6 is 11.6 Å². The fourth-order valence-electron chi connectivity index (χ4n) is 1.78. The lowest BCUT2D eigenvalue weighted by Gasteiger charge is -2.11. The van der Waals surface area contributed by atoms with Crippen LogP contribution in [0.25, 0.3) is 0 Å². The molecule has 7 heteroatoms. The predicted molar refractivity (Wildman–Crippen MR) is 87.7 cm³/mol. The van der Waals surface area contributed by atoms with E-state index in [1.807, 2.05) is 18.6 Å². The number of ether oxygens (including phenoxy) is 1. The lowest BCUT2D eigenvalue weighted by atomic mass is 10.2. The minimum Gasteiger partial charge on any atom is -0.465 e. The summed E-state index contributed by atoms with van der Waals surface area (Å²) in [5.41, 5.74) is 0.398. The average molecular weight is 342 g/mol. The number of carbonyl (C=O) groups is 1. The number of hydrogen-bond donors (Lipinski definition) is 1. The van der Waals surface area contributed by atoms with Crippen molar-refractivity contribution in [2.45, 2.75) is 4.90 Å². The summed E-state index contributed by atoms with van der Waals surface area (Å²) >= 11 is 5.84. The van der Waals surface area contributed by atoms with Crippen molar-refractivity contribution in [2.75, 3.05) is 24.9 Å². The number of aromatic nitrogens is 1. The lowest BCUT2D eigenvalue weighted by molar-refractivity contribution is 0.0601. The number of pyridine rings is 1. The fourth-order valence-corrected chi connectivity index (χ4v) is 2.61. The van der Waals surface area contributed by atoms with Crippen LogP contribution in [0.4, 0.5) is 15.9 Å². The number of nitrogens with one attached hydrogen (secondary N) is 1. The Morgan fingerprint density at radius 3 is 2.64 bits per heavy atom. The maximum atomic E-state index is 14.2.